The quantitative estimate of drug-likeness (QED) is 0.406. The van der Waals surface area contributed by atoms with Crippen molar-refractivity contribution in [1.82, 2.24) is 0 Å². The maximum Gasteiger partial charge on any atom is 0.167 e. The molecule has 1 aliphatic carbocycles. The van der Waals surface area contributed by atoms with Gasteiger partial charge in [-0.15, -0.1) is 0 Å². The molecule has 0 atom stereocenters. The molecule has 0 N–H and O–H groups in total. The predicted octanol–water partition coefficient (Wildman–Crippen LogP) is 3.37. The Morgan fingerprint density at radius 3 is 2.27 bits per heavy atom. The number of halogens is 2. The Balaban J connectivity index is 2.31. The van der Waals surface area contributed by atoms with Crippen molar-refractivity contribution in [3.8, 4) is 11.8 Å². The smallest absolute Gasteiger partial charge is 0.0970 e. The third-order valence-corrected chi connectivity index (χ3v) is 2.22. The average Bonchev–Trinajstić information content (AvgIpc) is 2.03. The summed E-state index contributed by atoms with van der Waals surface area (Å²) in [5.41, 5.74) is 0. The maximum absolute atomic E-state index is 5.49. The molecule has 1 fully saturated rings. The summed E-state index contributed by atoms with van der Waals surface area (Å²) in [6.45, 7) is 0. The third kappa shape index (κ3) is 3.89. The van der Waals surface area contributed by atoms with Gasteiger partial charge >= 0.3 is 0 Å². The van der Waals surface area contributed by atoms with Crippen molar-refractivity contribution in [2.75, 3.05) is 0 Å². The van der Waals surface area contributed by atoms with Crippen molar-refractivity contribution >= 4 is 23.2 Å². The van der Waals surface area contributed by atoms with E-state index in [9.17, 15) is 0 Å². The van der Waals surface area contributed by atoms with Gasteiger partial charge < -0.3 is 0 Å². The molecule has 0 nitrogen and oxygen atoms in total. The first-order chi connectivity index (χ1) is 5.29. The Morgan fingerprint density at radius 1 is 1.09 bits per heavy atom. The second kappa shape index (κ2) is 4.91. The van der Waals surface area contributed by atoms with Crippen LogP contribution in [0.15, 0.2) is 0 Å². The minimum Gasteiger partial charge on any atom is -0.0970 e. The van der Waals surface area contributed by atoms with Crippen molar-refractivity contribution in [2.45, 2.75) is 36.9 Å². The summed E-state index contributed by atoms with van der Waals surface area (Å²) < 4.78 is 0. The van der Waals surface area contributed by atoms with Crippen molar-refractivity contribution in [3.05, 3.63) is 0 Å². The predicted molar refractivity (Wildman–Crippen MR) is 49.8 cm³/mol. The molecule has 0 bridgehead atoms. The molecule has 11 heavy (non-hydrogen) atoms. The van der Waals surface area contributed by atoms with Crippen LogP contribution in [0.2, 0.25) is 0 Å². The molecule has 1 aliphatic rings. The molecule has 0 heterocycles. The van der Waals surface area contributed by atoms with E-state index in [2.05, 4.69) is 11.8 Å². The van der Waals surface area contributed by atoms with Gasteiger partial charge in [0.15, 0.2) is 4.84 Å². The van der Waals surface area contributed by atoms with Crippen LogP contribution in [0, 0.1) is 17.8 Å². The molecule has 1 saturated carbocycles. The molecule has 0 aromatic rings. The number of hydrogen-bond acceptors (Lipinski definition) is 0. The first-order valence-electron chi connectivity index (χ1n) is 4.08. The van der Waals surface area contributed by atoms with Gasteiger partial charge in [0.1, 0.15) is 0 Å². The van der Waals surface area contributed by atoms with E-state index in [0.29, 0.717) is 5.92 Å². The zero-order chi connectivity index (χ0) is 8.10. The van der Waals surface area contributed by atoms with Crippen LogP contribution >= 0.6 is 23.2 Å². The monoisotopic (exact) mass is 190 g/mol. The molecule has 0 spiro atoms. The second-order valence-corrected chi connectivity index (χ2v) is 4.02. The summed E-state index contributed by atoms with van der Waals surface area (Å²) >= 11 is 11.0. The molecule has 0 saturated heterocycles. The van der Waals surface area contributed by atoms with Crippen LogP contribution in [-0.4, -0.2) is 4.84 Å². The fourth-order valence-electron chi connectivity index (χ4n) is 1.43. The molecule has 0 radical (unpaired) electrons. The van der Waals surface area contributed by atoms with Gasteiger partial charge in [0.25, 0.3) is 0 Å². The first-order valence-corrected chi connectivity index (χ1v) is 4.95. The number of hydrogen-bond donors (Lipinski definition) is 0. The zero-order valence-electron chi connectivity index (χ0n) is 6.45. The van der Waals surface area contributed by atoms with E-state index in [0.717, 1.165) is 0 Å². The number of alkyl halides is 2. The minimum absolute atomic E-state index is 0.503. The van der Waals surface area contributed by atoms with Gasteiger partial charge in [-0.2, -0.15) is 0 Å². The molecule has 1 rings (SSSR count). The Morgan fingerprint density at radius 2 is 1.73 bits per heavy atom. The standard InChI is InChI=1S/C9H12Cl2/c10-9(11)7-6-8-4-2-1-3-5-8/h8-9H,1-5H2. The molecule has 0 unspecified atom stereocenters. The lowest BCUT2D eigenvalue weighted by Gasteiger charge is -2.15. The van der Waals surface area contributed by atoms with Crippen LogP contribution in [0.25, 0.3) is 0 Å². The normalized spacial score (nSPS) is 19.5. The highest BCUT2D eigenvalue weighted by Gasteiger charge is 2.09. The van der Waals surface area contributed by atoms with Crippen molar-refractivity contribution in [3.63, 3.8) is 0 Å². The van der Waals surface area contributed by atoms with Crippen molar-refractivity contribution in [1.29, 1.82) is 0 Å². The molecular weight excluding hydrogens is 179 g/mol. The van der Waals surface area contributed by atoms with Crippen LogP contribution in [0.3, 0.4) is 0 Å². The number of rotatable bonds is 0. The van der Waals surface area contributed by atoms with E-state index in [1.54, 1.807) is 0 Å². The topological polar surface area (TPSA) is 0 Å². The van der Waals surface area contributed by atoms with E-state index in [4.69, 9.17) is 23.2 Å². The highest BCUT2D eigenvalue weighted by atomic mass is 35.5. The van der Waals surface area contributed by atoms with E-state index in [-0.39, 0.29) is 0 Å². The molecule has 0 aliphatic heterocycles. The van der Waals surface area contributed by atoms with Gasteiger partial charge in [-0.1, -0.05) is 54.3 Å². The lowest BCUT2D eigenvalue weighted by atomic mass is 9.90. The average molecular weight is 191 g/mol. The van der Waals surface area contributed by atoms with Crippen molar-refractivity contribution < 1.29 is 0 Å². The Bertz CT molecular complexity index is 158. The third-order valence-electron chi connectivity index (χ3n) is 2.00. The van der Waals surface area contributed by atoms with Gasteiger partial charge in [0.05, 0.1) is 0 Å². The van der Waals surface area contributed by atoms with Gasteiger partial charge in [-0.05, 0) is 12.8 Å². The van der Waals surface area contributed by atoms with Gasteiger partial charge in [0, 0.05) is 5.92 Å². The largest absolute Gasteiger partial charge is 0.167 e. The molecule has 0 aromatic carbocycles. The van der Waals surface area contributed by atoms with E-state index >= 15 is 0 Å². The SMILES string of the molecule is ClC(Cl)C#CC1CCCCC1. The van der Waals surface area contributed by atoms with Gasteiger partial charge in [-0.3, -0.25) is 0 Å². The van der Waals surface area contributed by atoms with Crippen LogP contribution in [0.4, 0.5) is 0 Å². The van der Waals surface area contributed by atoms with Gasteiger partial charge in [-0.25, -0.2) is 0 Å². The van der Waals surface area contributed by atoms with E-state index < -0.39 is 4.84 Å². The van der Waals surface area contributed by atoms with E-state index in [1.807, 2.05) is 0 Å². The Labute approximate surface area is 78.3 Å². The summed E-state index contributed by atoms with van der Waals surface area (Å²) in [5.74, 6) is 6.46. The highest BCUT2D eigenvalue weighted by Crippen LogP contribution is 2.22. The fraction of sp³-hybridized carbons (Fsp3) is 0.778. The minimum atomic E-state index is -0.503. The summed E-state index contributed by atoms with van der Waals surface area (Å²) in [6, 6.07) is 0. The molecule has 62 valence electrons. The molecule has 0 aromatic heterocycles. The summed E-state index contributed by atoms with van der Waals surface area (Å²) in [6.07, 6.45) is 6.45. The lowest BCUT2D eigenvalue weighted by Crippen LogP contribution is -2.03. The van der Waals surface area contributed by atoms with E-state index in [1.165, 1.54) is 32.1 Å². The van der Waals surface area contributed by atoms with Crippen LogP contribution in [-0.2, 0) is 0 Å². The Kier molecular flexibility index (Phi) is 4.12. The second-order valence-electron chi connectivity index (χ2n) is 2.92. The summed E-state index contributed by atoms with van der Waals surface area (Å²) in [5, 5.41) is 0. The molecule has 0 amide bonds. The summed E-state index contributed by atoms with van der Waals surface area (Å²) in [7, 11) is 0. The van der Waals surface area contributed by atoms with Crippen LogP contribution < -0.4 is 0 Å². The summed E-state index contributed by atoms with van der Waals surface area (Å²) in [4.78, 5) is -0.503. The maximum atomic E-state index is 5.49. The van der Waals surface area contributed by atoms with Crippen molar-refractivity contribution in [2.24, 2.45) is 5.92 Å². The fourth-order valence-corrected chi connectivity index (χ4v) is 1.55. The zero-order valence-corrected chi connectivity index (χ0v) is 7.96. The highest BCUT2D eigenvalue weighted by molar-refractivity contribution is 6.46. The first kappa shape index (κ1) is 9.23. The van der Waals surface area contributed by atoms with Gasteiger partial charge in [0.2, 0.25) is 0 Å². The van der Waals surface area contributed by atoms with Crippen LogP contribution in [0.1, 0.15) is 32.1 Å². The van der Waals surface area contributed by atoms with Crippen LogP contribution in [0.5, 0.6) is 0 Å². The Hall–Kier alpha value is 0.140. The molecular formula is C9H12Cl2. The molecule has 2 heteroatoms. The lowest BCUT2D eigenvalue weighted by molar-refractivity contribution is 0.430.